The Morgan fingerprint density at radius 2 is 1.33 bits per heavy atom. The lowest BCUT2D eigenvalue weighted by molar-refractivity contribution is -0.347. The van der Waals surface area contributed by atoms with Crippen molar-refractivity contribution in [1.82, 2.24) is 5.32 Å². The van der Waals surface area contributed by atoms with Gasteiger partial charge in [0, 0.05) is 34.6 Å². The summed E-state index contributed by atoms with van der Waals surface area (Å²) < 4.78 is 45.2. The minimum Gasteiger partial charge on any atom is -0.463 e. The van der Waals surface area contributed by atoms with Gasteiger partial charge in [-0.2, -0.15) is 0 Å². The Morgan fingerprint density at radius 3 is 1.89 bits per heavy atom. The molecule has 2 aliphatic heterocycles. The number of hydrogen-bond acceptors (Lipinski definition) is 15. The third-order valence-corrected chi connectivity index (χ3v) is 6.72. The first kappa shape index (κ1) is 35.8. The van der Waals surface area contributed by atoms with Gasteiger partial charge in [0.2, 0.25) is 5.91 Å². The maximum atomic E-state index is 12.3. The molecule has 0 aromatic heterocycles. The fourth-order valence-corrected chi connectivity index (χ4v) is 4.97. The third kappa shape index (κ3) is 10.2. The van der Waals surface area contributed by atoms with Gasteiger partial charge in [-0.3, -0.25) is 24.0 Å². The highest BCUT2D eigenvalue weighted by molar-refractivity contribution is 5.73. The van der Waals surface area contributed by atoms with Crippen molar-refractivity contribution in [1.29, 1.82) is 0 Å². The summed E-state index contributed by atoms with van der Waals surface area (Å²) in [7, 11) is 0. The summed E-state index contributed by atoms with van der Waals surface area (Å²) in [4.78, 5) is 60.3. The van der Waals surface area contributed by atoms with Crippen LogP contribution in [0.25, 0.3) is 0 Å². The van der Waals surface area contributed by atoms with Crippen LogP contribution in [0, 0.1) is 0 Å². The first-order valence-electron chi connectivity index (χ1n) is 14.1. The van der Waals surface area contributed by atoms with E-state index >= 15 is 0 Å². The van der Waals surface area contributed by atoms with Gasteiger partial charge in [-0.15, -0.1) is 0 Å². The van der Waals surface area contributed by atoms with Crippen LogP contribution in [0.4, 0.5) is 0 Å². The zero-order chi connectivity index (χ0) is 33.3. The van der Waals surface area contributed by atoms with Crippen LogP contribution in [0.3, 0.4) is 0 Å². The van der Waals surface area contributed by atoms with E-state index < -0.39 is 104 Å². The van der Waals surface area contributed by atoms with Gasteiger partial charge in [-0.25, -0.2) is 0 Å². The highest BCUT2D eigenvalue weighted by Crippen LogP contribution is 2.34. The van der Waals surface area contributed by atoms with Crippen molar-refractivity contribution in [2.24, 2.45) is 0 Å². The van der Waals surface area contributed by atoms with E-state index in [1.54, 1.807) is 24.3 Å². The molecular weight excluding hydrogens is 602 g/mol. The molecule has 1 aromatic carbocycles. The van der Waals surface area contributed by atoms with E-state index in [4.69, 9.17) is 37.9 Å². The predicted molar refractivity (Wildman–Crippen MR) is 147 cm³/mol. The summed E-state index contributed by atoms with van der Waals surface area (Å²) in [6, 6.07) is 7.76. The standard InChI is InChI=1S/C29H39NO15/c1-14(32)30-22-25(23(37)20(11-31)43-28(22)39-12-19-9-7-6-8-10-19)45-29-27(42-18(5)36)26(41-17(4)35)24(40-16(3)34)21(44-29)13-38-15(2)33/h6-10,20-29,31,37H,11-13H2,1-5H3,(H,30,32)/t20-,21-,22-,23-,24+,25-,26+,27-,28+,29+/m1/s1. The van der Waals surface area contributed by atoms with Gasteiger partial charge < -0.3 is 53.4 Å². The molecule has 45 heavy (non-hydrogen) atoms. The van der Waals surface area contributed by atoms with Crippen LogP contribution in [-0.4, -0.2) is 115 Å². The van der Waals surface area contributed by atoms with Crippen molar-refractivity contribution in [3.63, 3.8) is 0 Å². The second-order valence-corrected chi connectivity index (χ2v) is 10.4. The molecule has 10 atom stereocenters. The quantitative estimate of drug-likeness (QED) is 0.189. The topological polar surface area (TPSA) is 212 Å². The largest absolute Gasteiger partial charge is 0.463 e. The highest BCUT2D eigenvalue weighted by Gasteiger charge is 2.56. The van der Waals surface area contributed by atoms with E-state index in [9.17, 15) is 34.2 Å². The Kier molecular flexibility index (Phi) is 13.2. The summed E-state index contributed by atoms with van der Waals surface area (Å²) in [5.74, 6) is -3.79. The molecule has 16 nitrogen and oxygen atoms in total. The maximum Gasteiger partial charge on any atom is 0.303 e. The van der Waals surface area contributed by atoms with Crippen molar-refractivity contribution >= 4 is 29.8 Å². The predicted octanol–water partition coefficient (Wildman–Crippen LogP) is -0.746. The monoisotopic (exact) mass is 641 g/mol. The van der Waals surface area contributed by atoms with Crippen molar-refractivity contribution < 1.29 is 72.1 Å². The van der Waals surface area contributed by atoms with Gasteiger partial charge in [0.15, 0.2) is 30.9 Å². The molecule has 2 heterocycles. The van der Waals surface area contributed by atoms with Crippen molar-refractivity contribution in [3.05, 3.63) is 35.9 Å². The molecule has 2 aliphatic rings. The summed E-state index contributed by atoms with van der Waals surface area (Å²) in [5, 5.41) is 23.9. The van der Waals surface area contributed by atoms with E-state index in [0.717, 1.165) is 33.3 Å². The number of carbonyl (C=O) groups is 5. The molecule has 2 fully saturated rings. The van der Waals surface area contributed by atoms with Gasteiger partial charge in [0.05, 0.1) is 13.2 Å². The fourth-order valence-electron chi connectivity index (χ4n) is 4.97. The number of carbonyl (C=O) groups excluding carboxylic acids is 5. The van der Waals surface area contributed by atoms with Crippen LogP contribution in [0.5, 0.6) is 0 Å². The molecule has 3 rings (SSSR count). The number of benzene rings is 1. The number of aliphatic hydroxyl groups is 2. The lowest BCUT2D eigenvalue weighted by atomic mass is 9.95. The van der Waals surface area contributed by atoms with Gasteiger partial charge in [-0.05, 0) is 5.56 Å². The second-order valence-electron chi connectivity index (χ2n) is 10.4. The molecule has 1 amide bonds. The number of rotatable bonds is 12. The fraction of sp³-hybridized carbons (Fsp3) is 0.621. The van der Waals surface area contributed by atoms with Crippen molar-refractivity contribution in [2.45, 2.75) is 103 Å². The van der Waals surface area contributed by atoms with Crippen LogP contribution in [-0.2, 0) is 68.5 Å². The number of esters is 4. The number of hydrogen-bond donors (Lipinski definition) is 3. The minimum absolute atomic E-state index is 0.0155. The Labute approximate surface area is 259 Å². The first-order chi connectivity index (χ1) is 21.3. The van der Waals surface area contributed by atoms with Crippen LogP contribution in [0.1, 0.15) is 40.2 Å². The Morgan fingerprint density at radius 1 is 0.756 bits per heavy atom. The molecule has 1 aromatic rings. The summed E-state index contributed by atoms with van der Waals surface area (Å²) in [5.41, 5.74) is 0.756. The Bertz CT molecular complexity index is 1180. The normalized spacial score (nSPS) is 31.3. The second kappa shape index (κ2) is 16.6. The van der Waals surface area contributed by atoms with E-state index in [-0.39, 0.29) is 6.61 Å². The zero-order valence-corrected chi connectivity index (χ0v) is 25.5. The van der Waals surface area contributed by atoms with E-state index in [1.807, 2.05) is 6.07 Å². The summed E-state index contributed by atoms with van der Waals surface area (Å²) in [6.45, 7) is 4.38. The van der Waals surface area contributed by atoms with Crippen molar-refractivity contribution in [3.8, 4) is 0 Å². The van der Waals surface area contributed by atoms with Crippen LogP contribution < -0.4 is 5.32 Å². The maximum absolute atomic E-state index is 12.3. The van der Waals surface area contributed by atoms with Crippen molar-refractivity contribution in [2.75, 3.05) is 13.2 Å². The lowest BCUT2D eigenvalue weighted by Gasteiger charge is -2.48. The molecular formula is C29H39NO15. The van der Waals surface area contributed by atoms with Gasteiger partial charge in [0.25, 0.3) is 0 Å². The van der Waals surface area contributed by atoms with Crippen LogP contribution in [0.2, 0.25) is 0 Å². The molecule has 0 radical (unpaired) electrons. The molecule has 0 aliphatic carbocycles. The molecule has 16 heteroatoms. The van der Waals surface area contributed by atoms with Gasteiger partial charge >= 0.3 is 23.9 Å². The highest BCUT2D eigenvalue weighted by atomic mass is 16.7. The SMILES string of the molecule is CC(=O)N[C@H]1[C@@H](OCc2ccccc2)O[C@H](CO)[C@@H](O)[C@@H]1O[C@@H]1O[C@H](COC(C)=O)[C@H](OC(C)=O)[C@H](OC(C)=O)[C@H]1OC(C)=O. The van der Waals surface area contributed by atoms with Gasteiger partial charge in [0.1, 0.15) is 37.1 Å². The molecule has 2 saturated heterocycles. The number of aliphatic hydroxyl groups excluding tert-OH is 2. The van der Waals surface area contributed by atoms with Crippen LogP contribution in [0.15, 0.2) is 30.3 Å². The molecule has 250 valence electrons. The number of ether oxygens (including phenoxy) is 8. The van der Waals surface area contributed by atoms with E-state index in [2.05, 4.69) is 5.32 Å². The molecule has 0 bridgehead atoms. The minimum atomic E-state index is -1.69. The summed E-state index contributed by atoms with van der Waals surface area (Å²) >= 11 is 0. The van der Waals surface area contributed by atoms with Crippen LogP contribution >= 0.6 is 0 Å². The summed E-state index contributed by atoms with van der Waals surface area (Å²) in [6.07, 6.45) is -13.2. The lowest BCUT2D eigenvalue weighted by Crippen LogP contribution is -2.68. The Hall–Kier alpha value is -3.67. The molecule has 0 spiro atoms. The smallest absolute Gasteiger partial charge is 0.303 e. The third-order valence-electron chi connectivity index (χ3n) is 6.72. The zero-order valence-electron chi connectivity index (χ0n) is 25.5. The molecule has 3 N–H and O–H groups in total. The average Bonchev–Trinajstić information content (AvgIpc) is 2.96. The van der Waals surface area contributed by atoms with E-state index in [0.29, 0.717) is 0 Å². The van der Waals surface area contributed by atoms with Gasteiger partial charge in [-0.1, -0.05) is 30.3 Å². The Balaban J connectivity index is 2.03. The molecule has 0 unspecified atom stereocenters. The first-order valence-corrected chi connectivity index (χ1v) is 14.1. The van der Waals surface area contributed by atoms with E-state index in [1.165, 1.54) is 6.92 Å². The average molecular weight is 642 g/mol. The number of amides is 1. The molecule has 0 saturated carbocycles. The number of nitrogens with one attached hydrogen (secondary N) is 1.